The Bertz CT molecular complexity index is 514. The van der Waals surface area contributed by atoms with Crippen LogP contribution in [0.15, 0.2) is 18.2 Å². The minimum Gasteiger partial charge on any atom is -0.497 e. The van der Waals surface area contributed by atoms with Gasteiger partial charge in [-0.15, -0.1) is 6.42 Å². The van der Waals surface area contributed by atoms with E-state index in [-0.39, 0.29) is 18.5 Å². The van der Waals surface area contributed by atoms with Gasteiger partial charge in [0.15, 0.2) is 0 Å². The summed E-state index contributed by atoms with van der Waals surface area (Å²) in [4.78, 5) is 13.8. The van der Waals surface area contributed by atoms with Gasteiger partial charge in [0.1, 0.15) is 17.5 Å². The highest BCUT2D eigenvalue weighted by Crippen LogP contribution is 2.27. The number of amides is 1. The van der Waals surface area contributed by atoms with Gasteiger partial charge < -0.3 is 14.8 Å². The highest BCUT2D eigenvalue weighted by Gasteiger charge is 2.39. The molecule has 1 aliphatic rings. The molecule has 106 valence electrons. The zero-order valence-corrected chi connectivity index (χ0v) is 11.7. The zero-order chi connectivity index (χ0) is 14.5. The summed E-state index contributed by atoms with van der Waals surface area (Å²) in [5.74, 6) is 3.87. The van der Waals surface area contributed by atoms with E-state index in [9.17, 15) is 4.79 Å². The summed E-state index contributed by atoms with van der Waals surface area (Å²) in [7, 11) is 3.23. The van der Waals surface area contributed by atoms with Crippen LogP contribution < -0.4 is 14.8 Å². The SMILES string of the molecule is C#CCNC(=O)C1CN1Cc1cc(OC)cc(OC)c1. The molecule has 1 aliphatic heterocycles. The van der Waals surface area contributed by atoms with Gasteiger partial charge in [-0.3, -0.25) is 9.69 Å². The number of ether oxygens (including phenoxy) is 2. The summed E-state index contributed by atoms with van der Waals surface area (Å²) >= 11 is 0. The number of terminal acetylenes is 1. The third-order valence-electron chi connectivity index (χ3n) is 3.18. The number of nitrogens with one attached hydrogen (secondary N) is 1. The number of carbonyl (C=O) groups is 1. The van der Waals surface area contributed by atoms with Crippen molar-refractivity contribution in [1.29, 1.82) is 0 Å². The second kappa shape index (κ2) is 6.31. The van der Waals surface area contributed by atoms with Crippen LogP contribution in [0.4, 0.5) is 0 Å². The van der Waals surface area contributed by atoms with E-state index in [4.69, 9.17) is 15.9 Å². The van der Waals surface area contributed by atoms with Gasteiger partial charge in [-0.2, -0.15) is 0 Å². The highest BCUT2D eigenvalue weighted by atomic mass is 16.5. The third-order valence-corrected chi connectivity index (χ3v) is 3.18. The number of methoxy groups -OCH3 is 2. The number of hydrogen-bond acceptors (Lipinski definition) is 4. The number of hydrogen-bond donors (Lipinski definition) is 1. The van der Waals surface area contributed by atoms with E-state index in [1.165, 1.54) is 0 Å². The van der Waals surface area contributed by atoms with Gasteiger partial charge in [-0.25, -0.2) is 0 Å². The molecule has 0 spiro atoms. The Kier molecular flexibility index (Phi) is 4.49. The molecule has 1 saturated heterocycles. The molecule has 1 fully saturated rings. The maximum Gasteiger partial charge on any atom is 0.239 e. The first-order valence-electron chi connectivity index (χ1n) is 6.35. The molecule has 0 aromatic heterocycles. The second-order valence-corrected chi connectivity index (χ2v) is 4.59. The topological polar surface area (TPSA) is 50.6 Å². The molecule has 1 amide bonds. The third kappa shape index (κ3) is 3.43. The molecule has 2 atom stereocenters. The molecule has 1 N–H and O–H groups in total. The predicted octanol–water partition coefficient (Wildman–Crippen LogP) is 0.637. The van der Waals surface area contributed by atoms with Gasteiger partial charge in [-0.05, 0) is 17.7 Å². The van der Waals surface area contributed by atoms with Gasteiger partial charge in [0.25, 0.3) is 0 Å². The van der Waals surface area contributed by atoms with E-state index >= 15 is 0 Å². The first kappa shape index (κ1) is 14.2. The molecular weight excluding hydrogens is 256 g/mol. The van der Waals surface area contributed by atoms with Crippen LogP contribution in [0.2, 0.25) is 0 Å². The molecule has 2 unspecified atom stereocenters. The van der Waals surface area contributed by atoms with Crippen molar-refractivity contribution in [2.45, 2.75) is 12.6 Å². The minimum atomic E-state index is -0.0828. The number of benzene rings is 1. The summed E-state index contributed by atoms with van der Waals surface area (Å²) in [6.07, 6.45) is 5.11. The maximum absolute atomic E-state index is 11.7. The molecule has 0 aliphatic carbocycles. The van der Waals surface area contributed by atoms with Crippen LogP contribution in [0.25, 0.3) is 0 Å². The fourth-order valence-electron chi connectivity index (χ4n) is 2.05. The molecule has 2 rings (SSSR count). The molecule has 5 heteroatoms. The number of nitrogens with zero attached hydrogens (tertiary/aromatic N) is 1. The Morgan fingerprint density at radius 1 is 1.40 bits per heavy atom. The molecule has 0 bridgehead atoms. The van der Waals surface area contributed by atoms with E-state index < -0.39 is 0 Å². The minimum absolute atomic E-state index is 0.0159. The normalized spacial score (nSPS) is 19.9. The quantitative estimate of drug-likeness (QED) is 0.611. The van der Waals surface area contributed by atoms with Crippen molar-refractivity contribution in [3.8, 4) is 23.8 Å². The van der Waals surface area contributed by atoms with E-state index in [0.29, 0.717) is 6.54 Å². The van der Waals surface area contributed by atoms with E-state index in [1.54, 1.807) is 14.2 Å². The molecule has 1 aromatic carbocycles. The Morgan fingerprint density at radius 3 is 2.60 bits per heavy atom. The van der Waals surface area contributed by atoms with Crippen LogP contribution in [0.3, 0.4) is 0 Å². The fraction of sp³-hybridized carbons (Fsp3) is 0.400. The van der Waals surface area contributed by atoms with Crippen LogP contribution in [0.5, 0.6) is 11.5 Å². The molecule has 1 heterocycles. The molecule has 5 nitrogen and oxygen atoms in total. The average Bonchev–Trinajstić information content (AvgIpc) is 3.23. The fourth-order valence-corrected chi connectivity index (χ4v) is 2.05. The van der Waals surface area contributed by atoms with Crippen LogP contribution in [-0.4, -0.2) is 44.2 Å². The first-order valence-corrected chi connectivity index (χ1v) is 6.35. The smallest absolute Gasteiger partial charge is 0.239 e. The van der Waals surface area contributed by atoms with Crippen molar-refractivity contribution in [3.63, 3.8) is 0 Å². The lowest BCUT2D eigenvalue weighted by Crippen LogP contribution is -2.30. The summed E-state index contributed by atoms with van der Waals surface area (Å²) in [6, 6.07) is 5.62. The van der Waals surface area contributed by atoms with Crippen LogP contribution >= 0.6 is 0 Å². The Labute approximate surface area is 118 Å². The summed E-state index contributed by atoms with van der Waals surface area (Å²) in [5.41, 5.74) is 1.05. The Balaban J connectivity index is 1.95. The van der Waals surface area contributed by atoms with Gasteiger partial charge in [0.2, 0.25) is 5.91 Å². The van der Waals surface area contributed by atoms with E-state index in [0.717, 1.165) is 23.6 Å². The van der Waals surface area contributed by atoms with Gasteiger partial charge in [0.05, 0.1) is 20.8 Å². The largest absolute Gasteiger partial charge is 0.497 e. The van der Waals surface area contributed by atoms with Crippen molar-refractivity contribution >= 4 is 5.91 Å². The van der Waals surface area contributed by atoms with Crippen molar-refractivity contribution in [2.24, 2.45) is 0 Å². The molecule has 0 saturated carbocycles. The van der Waals surface area contributed by atoms with Crippen molar-refractivity contribution < 1.29 is 14.3 Å². The Hall–Kier alpha value is -2.19. The molecule has 0 radical (unpaired) electrons. The lowest BCUT2D eigenvalue weighted by atomic mass is 10.2. The van der Waals surface area contributed by atoms with Crippen molar-refractivity contribution in [1.82, 2.24) is 10.2 Å². The first-order chi connectivity index (χ1) is 9.67. The monoisotopic (exact) mass is 274 g/mol. The predicted molar refractivity (Wildman–Crippen MR) is 75.6 cm³/mol. The maximum atomic E-state index is 11.7. The van der Waals surface area contributed by atoms with Crippen molar-refractivity contribution in [3.05, 3.63) is 23.8 Å². The average molecular weight is 274 g/mol. The lowest BCUT2D eigenvalue weighted by molar-refractivity contribution is -0.121. The van der Waals surface area contributed by atoms with Crippen molar-refractivity contribution in [2.75, 3.05) is 27.3 Å². The Morgan fingerprint density at radius 2 is 2.05 bits per heavy atom. The van der Waals surface area contributed by atoms with Gasteiger partial charge in [-0.1, -0.05) is 5.92 Å². The number of carbonyl (C=O) groups excluding carboxylic acids is 1. The summed E-state index contributed by atoms with van der Waals surface area (Å²) in [5, 5.41) is 2.69. The van der Waals surface area contributed by atoms with Gasteiger partial charge in [0, 0.05) is 19.2 Å². The molecular formula is C15H18N2O3. The standard InChI is InChI=1S/C15H18N2O3/c1-4-5-16-15(18)14-10-17(14)9-11-6-12(19-2)8-13(7-11)20-3/h1,6-8,14H,5,9-10H2,2-3H3,(H,16,18). The summed E-state index contributed by atoms with van der Waals surface area (Å²) < 4.78 is 10.5. The highest BCUT2D eigenvalue weighted by molar-refractivity contribution is 5.84. The second-order valence-electron chi connectivity index (χ2n) is 4.59. The molecule has 20 heavy (non-hydrogen) atoms. The van der Waals surface area contributed by atoms with Gasteiger partial charge >= 0.3 is 0 Å². The van der Waals surface area contributed by atoms with E-state index in [2.05, 4.69) is 16.1 Å². The molecule has 1 aromatic rings. The van der Waals surface area contributed by atoms with Crippen LogP contribution in [0.1, 0.15) is 5.56 Å². The van der Waals surface area contributed by atoms with Crippen LogP contribution in [0, 0.1) is 12.3 Å². The summed E-state index contributed by atoms with van der Waals surface area (Å²) in [6.45, 7) is 1.70. The number of rotatable bonds is 6. The lowest BCUT2D eigenvalue weighted by Gasteiger charge is -2.09. The van der Waals surface area contributed by atoms with Crippen LogP contribution in [-0.2, 0) is 11.3 Å². The van der Waals surface area contributed by atoms with E-state index in [1.807, 2.05) is 18.2 Å². The zero-order valence-electron chi connectivity index (χ0n) is 11.7.